The molecule has 1 aliphatic carbocycles. The van der Waals surface area contributed by atoms with Crippen molar-refractivity contribution in [3.8, 4) is 0 Å². The number of carbonyl (C=O) groups excluding carboxylic acids is 1. The van der Waals surface area contributed by atoms with Crippen LogP contribution in [0.25, 0.3) is 11.0 Å². The largest absolute Gasteiger partial charge is 0.443 e. The number of thioether (sulfide) groups is 1. The van der Waals surface area contributed by atoms with Gasteiger partial charge in [0.05, 0.1) is 18.2 Å². The minimum atomic E-state index is -2.62. The number of ether oxygens (including phenoxy) is 5. The van der Waals surface area contributed by atoms with Gasteiger partial charge in [-0.2, -0.15) is 26.8 Å². The maximum Gasteiger partial charge on any atom is 0.416 e. The molecule has 1 amide bonds. The van der Waals surface area contributed by atoms with Gasteiger partial charge in [0, 0.05) is 11.8 Å². The molecule has 5 rings (SSSR count). The molecule has 2 aliphatic heterocycles. The van der Waals surface area contributed by atoms with E-state index < -0.39 is 54.5 Å². The molecule has 12 nitrogen and oxygen atoms in total. The number of fused-ring (bicyclic) bond motifs is 2. The number of anilines is 1. The van der Waals surface area contributed by atoms with Gasteiger partial charge in [-0.1, -0.05) is 12.8 Å². The molecule has 3 aliphatic rings. The van der Waals surface area contributed by atoms with Gasteiger partial charge < -0.3 is 28.2 Å². The Morgan fingerprint density at radius 1 is 1.18 bits per heavy atom. The predicted molar refractivity (Wildman–Crippen MR) is 171 cm³/mol. The molecule has 2 aromatic rings. The van der Waals surface area contributed by atoms with Crippen LogP contribution >= 0.6 is 30.5 Å². The molecule has 246 valence electrons. The first-order valence-corrected chi connectivity index (χ1v) is 19.4. The van der Waals surface area contributed by atoms with E-state index in [9.17, 15) is 9.36 Å². The molecule has 3 fully saturated rings. The fraction of sp³-hybridized carbons (Fsp3) is 0.793. The number of halogens is 1. The minimum absolute atomic E-state index is 0.0337. The lowest BCUT2D eigenvalue weighted by Crippen LogP contribution is -2.43. The first-order chi connectivity index (χ1) is 20.4. The van der Waals surface area contributed by atoms with Crippen molar-refractivity contribution in [2.45, 2.75) is 115 Å². The lowest BCUT2D eigenvalue weighted by atomic mass is 10.1. The number of amides is 1. The van der Waals surface area contributed by atoms with Crippen molar-refractivity contribution in [1.82, 2.24) is 19.7 Å². The van der Waals surface area contributed by atoms with Crippen molar-refractivity contribution in [1.29, 1.82) is 0 Å². The van der Waals surface area contributed by atoms with Crippen LogP contribution in [0.5, 0.6) is 0 Å². The second-order valence-electron chi connectivity index (χ2n) is 13.8. The number of aromatic nitrogens is 4. The van der Waals surface area contributed by atoms with Gasteiger partial charge in [-0.05, 0) is 85.6 Å². The first-order valence-electron chi connectivity index (χ1n) is 15.0. The minimum Gasteiger partial charge on any atom is -0.443 e. The molecule has 15 heteroatoms. The van der Waals surface area contributed by atoms with E-state index in [0.29, 0.717) is 22.6 Å². The van der Waals surface area contributed by atoms with Crippen LogP contribution < -0.4 is 4.90 Å². The van der Waals surface area contributed by atoms with Crippen molar-refractivity contribution in [3.63, 3.8) is 0 Å². The van der Waals surface area contributed by atoms with Crippen molar-refractivity contribution in [2.24, 2.45) is 0 Å². The SMILES string of the molecule is CSCC(C)(OC[C@H]1O[C@@H](n2ncc3c(N(C(=O)OC(C)(C)C)C4CCCC4)nc(Cl)nc32)[C@@H]2OC(C)(C)O[C@@H]21)P(C)(C)=O. The molecule has 44 heavy (non-hydrogen) atoms. The molecular formula is C29H45ClN5O7PS. The van der Waals surface area contributed by atoms with Crippen molar-refractivity contribution < 1.29 is 33.0 Å². The molecule has 0 radical (unpaired) electrons. The zero-order valence-corrected chi connectivity index (χ0v) is 29.5. The second kappa shape index (κ2) is 12.3. The van der Waals surface area contributed by atoms with Gasteiger partial charge in [0.25, 0.3) is 0 Å². The Kier molecular flexibility index (Phi) is 9.46. The second-order valence-corrected chi connectivity index (χ2v) is 18.7. The van der Waals surface area contributed by atoms with E-state index in [1.54, 1.807) is 40.9 Å². The number of carbonyl (C=O) groups is 1. The Morgan fingerprint density at radius 3 is 2.45 bits per heavy atom. The fourth-order valence-electron chi connectivity index (χ4n) is 6.01. The highest BCUT2D eigenvalue weighted by Crippen LogP contribution is 2.54. The van der Waals surface area contributed by atoms with Crippen LogP contribution in [0.2, 0.25) is 5.28 Å². The molecule has 2 saturated heterocycles. The summed E-state index contributed by atoms with van der Waals surface area (Å²) in [6.07, 6.45) is 4.45. The lowest BCUT2D eigenvalue weighted by Gasteiger charge is -2.34. The summed E-state index contributed by atoms with van der Waals surface area (Å²) < 4.78 is 46.1. The van der Waals surface area contributed by atoms with Crippen LogP contribution in [0.3, 0.4) is 0 Å². The molecule has 2 aromatic heterocycles. The third kappa shape index (κ3) is 6.80. The molecule has 1 unspecified atom stereocenters. The number of hydrogen-bond donors (Lipinski definition) is 0. The maximum absolute atomic E-state index is 13.6. The summed E-state index contributed by atoms with van der Waals surface area (Å²) in [5.74, 6) is 0.0431. The van der Waals surface area contributed by atoms with Crippen molar-refractivity contribution in [3.05, 3.63) is 11.5 Å². The Bertz CT molecular complexity index is 1420. The Balaban J connectivity index is 1.51. The summed E-state index contributed by atoms with van der Waals surface area (Å²) >= 11 is 8.10. The van der Waals surface area contributed by atoms with E-state index in [1.807, 2.05) is 47.8 Å². The van der Waals surface area contributed by atoms with Crippen LogP contribution in [0.15, 0.2) is 6.20 Å². The van der Waals surface area contributed by atoms with Crippen LogP contribution in [-0.4, -0.2) is 98.9 Å². The Labute approximate surface area is 268 Å². The van der Waals surface area contributed by atoms with E-state index in [-0.39, 0.29) is 17.9 Å². The van der Waals surface area contributed by atoms with Gasteiger partial charge in [0.1, 0.15) is 36.4 Å². The van der Waals surface area contributed by atoms with Crippen LogP contribution in [-0.2, 0) is 28.2 Å². The third-order valence-electron chi connectivity index (χ3n) is 8.39. The molecule has 0 N–H and O–H groups in total. The Morgan fingerprint density at radius 2 is 1.84 bits per heavy atom. The van der Waals surface area contributed by atoms with Crippen LogP contribution in [0, 0.1) is 0 Å². The molecule has 5 atom stereocenters. The number of nitrogens with zero attached hydrogens (tertiary/aromatic N) is 5. The van der Waals surface area contributed by atoms with E-state index in [0.717, 1.165) is 25.7 Å². The lowest BCUT2D eigenvalue weighted by molar-refractivity contribution is -0.204. The summed E-state index contributed by atoms with van der Waals surface area (Å²) in [4.78, 5) is 24.2. The maximum atomic E-state index is 13.6. The molecular weight excluding hydrogens is 629 g/mol. The van der Waals surface area contributed by atoms with E-state index in [4.69, 9.17) is 35.3 Å². The fourth-order valence-corrected chi connectivity index (χ4v) is 8.80. The van der Waals surface area contributed by atoms with Gasteiger partial charge >= 0.3 is 6.09 Å². The van der Waals surface area contributed by atoms with Crippen LogP contribution in [0.1, 0.15) is 73.5 Å². The summed E-state index contributed by atoms with van der Waals surface area (Å²) in [7, 11) is -2.62. The Hall–Kier alpha value is -1.47. The highest BCUT2D eigenvalue weighted by molar-refractivity contribution is 7.99. The normalized spacial score (nSPS) is 27.0. The van der Waals surface area contributed by atoms with Gasteiger partial charge in [0.15, 0.2) is 23.5 Å². The van der Waals surface area contributed by atoms with Gasteiger partial charge in [0.2, 0.25) is 5.28 Å². The van der Waals surface area contributed by atoms with E-state index in [1.165, 1.54) is 0 Å². The van der Waals surface area contributed by atoms with Crippen molar-refractivity contribution in [2.75, 3.05) is 36.8 Å². The molecule has 4 heterocycles. The van der Waals surface area contributed by atoms with Crippen molar-refractivity contribution >= 4 is 53.4 Å². The van der Waals surface area contributed by atoms with E-state index >= 15 is 0 Å². The summed E-state index contributed by atoms with van der Waals surface area (Å²) in [5, 5.41) is 4.34. The molecule has 1 saturated carbocycles. The summed E-state index contributed by atoms with van der Waals surface area (Å²) in [6, 6.07) is -0.0907. The monoisotopic (exact) mass is 673 g/mol. The summed E-state index contributed by atoms with van der Waals surface area (Å²) in [5.41, 5.74) is -0.302. The standard InChI is InChI=1S/C29H45ClN5O7PS/c1-27(2,3)42-26(36)34(17-12-10-11-13-17)22-18-14-31-35(23(18)33-25(30)32-22)24-21-20(40-28(4,5)41-21)19(39-24)15-38-29(6,16-44-9)43(7,8)37/h14,17,19-21,24H,10-13,15-16H2,1-9H3/t19-,20-,21-,24-,29?/m1/s1. The number of rotatable bonds is 9. The highest BCUT2D eigenvalue weighted by atomic mass is 35.5. The van der Waals surface area contributed by atoms with Gasteiger partial charge in [-0.25, -0.2) is 9.48 Å². The average molecular weight is 674 g/mol. The zero-order valence-electron chi connectivity index (χ0n) is 27.0. The quantitative estimate of drug-likeness (QED) is 0.220. The highest BCUT2D eigenvalue weighted by Gasteiger charge is 2.57. The average Bonchev–Trinajstić information content (AvgIpc) is 3.66. The smallest absolute Gasteiger partial charge is 0.416 e. The molecule has 0 aromatic carbocycles. The van der Waals surface area contributed by atoms with Crippen LogP contribution in [0.4, 0.5) is 10.6 Å². The molecule has 0 bridgehead atoms. The summed E-state index contributed by atoms with van der Waals surface area (Å²) in [6.45, 7) is 14.7. The van der Waals surface area contributed by atoms with E-state index in [2.05, 4.69) is 15.1 Å². The predicted octanol–water partition coefficient (Wildman–Crippen LogP) is 6.30. The van der Waals surface area contributed by atoms with Gasteiger partial charge in [-0.15, -0.1) is 0 Å². The topological polar surface area (TPSA) is 127 Å². The number of hydrogen-bond acceptors (Lipinski definition) is 11. The zero-order chi connectivity index (χ0) is 32.2. The third-order valence-corrected chi connectivity index (χ3v) is 12.2. The first kappa shape index (κ1) is 33.9. The van der Waals surface area contributed by atoms with Gasteiger partial charge in [-0.3, -0.25) is 4.90 Å². The molecule has 0 spiro atoms.